The third-order valence-electron chi connectivity index (χ3n) is 3.79. The Kier molecular flexibility index (Phi) is 7.15. The first-order valence-electron chi connectivity index (χ1n) is 8.12. The van der Waals surface area contributed by atoms with E-state index >= 15 is 0 Å². The van der Waals surface area contributed by atoms with E-state index in [4.69, 9.17) is 26.8 Å². The van der Waals surface area contributed by atoms with Gasteiger partial charge in [-0.1, -0.05) is 24.6 Å². The van der Waals surface area contributed by atoms with Crippen LogP contribution >= 0.6 is 11.6 Å². The van der Waals surface area contributed by atoms with Crippen LogP contribution in [-0.2, 0) is 16.1 Å². The number of ether oxygens (including phenoxy) is 2. The van der Waals surface area contributed by atoms with Crippen molar-refractivity contribution >= 4 is 17.5 Å². The summed E-state index contributed by atoms with van der Waals surface area (Å²) >= 11 is 6.21. The van der Waals surface area contributed by atoms with E-state index < -0.39 is 5.91 Å². The van der Waals surface area contributed by atoms with E-state index in [1.165, 1.54) is 0 Å². The predicted molar refractivity (Wildman–Crippen MR) is 90.7 cm³/mol. The lowest BCUT2D eigenvalue weighted by atomic mass is 10.1. The normalized spacial score (nSPS) is 18.8. The molecule has 0 saturated carbocycles. The lowest BCUT2D eigenvalue weighted by molar-refractivity contribution is -0.119. The summed E-state index contributed by atoms with van der Waals surface area (Å²) in [6, 6.07) is 5.64. The molecule has 0 spiro atoms. The number of carbonyl (C=O) groups is 1. The fourth-order valence-corrected chi connectivity index (χ4v) is 3.00. The van der Waals surface area contributed by atoms with E-state index in [-0.39, 0.29) is 6.61 Å². The van der Waals surface area contributed by atoms with Crippen LogP contribution in [0.15, 0.2) is 18.2 Å². The zero-order valence-electron chi connectivity index (χ0n) is 13.6. The summed E-state index contributed by atoms with van der Waals surface area (Å²) in [6.45, 7) is 5.66. The molecule has 6 heteroatoms. The second-order valence-corrected chi connectivity index (χ2v) is 6.30. The third-order valence-corrected chi connectivity index (χ3v) is 4.09. The van der Waals surface area contributed by atoms with Crippen molar-refractivity contribution in [3.8, 4) is 5.75 Å². The van der Waals surface area contributed by atoms with Crippen LogP contribution < -0.4 is 10.5 Å². The average molecular weight is 341 g/mol. The summed E-state index contributed by atoms with van der Waals surface area (Å²) in [7, 11) is 0. The van der Waals surface area contributed by atoms with Gasteiger partial charge in [0.25, 0.3) is 5.91 Å². The molecule has 5 nitrogen and oxygen atoms in total. The maximum absolute atomic E-state index is 10.8. The number of piperidine rings is 1. The highest BCUT2D eigenvalue weighted by Gasteiger charge is 2.20. The van der Waals surface area contributed by atoms with Gasteiger partial charge in [0, 0.05) is 19.7 Å². The van der Waals surface area contributed by atoms with Crippen LogP contribution in [0.1, 0.15) is 31.7 Å². The van der Waals surface area contributed by atoms with Gasteiger partial charge in [0.2, 0.25) is 0 Å². The van der Waals surface area contributed by atoms with Gasteiger partial charge in [0.05, 0.1) is 11.1 Å². The van der Waals surface area contributed by atoms with Gasteiger partial charge in [-0.3, -0.25) is 9.69 Å². The molecule has 1 aromatic rings. The molecule has 23 heavy (non-hydrogen) atoms. The number of nitrogens with zero attached hydrogens (tertiary/aromatic N) is 1. The molecule has 1 fully saturated rings. The zero-order chi connectivity index (χ0) is 16.7. The molecule has 0 aromatic heterocycles. The Morgan fingerprint density at radius 2 is 2.30 bits per heavy atom. The Balaban J connectivity index is 1.89. The maximum atomic E-state index is 10.8. The van der Waals surface area contributed by atoms with Crippen LogP contribution in [0.5, 0.6) is 5.75 Å². The van der Waals surface area contributed by atoms with Crippen LogP contribution in [0.3, 0.4) is 0 Å². The largest absolute Gasteiger partial charge is 0.482 e. The van der Waals surface area contributed by atoms with E-state index in [9.17, 15) is 4.79 Å². The second kappa shape index (κ2) is 9.11. The number of nitrogens with two attached hydrogens (primary N) is 1. The van der Waals surface area contributed by atoms with Gasteiger partial charge in [0.15, 0.2) is 6.61 Å². The van der Waals surface area contributed by atoms with Crippen molar-refractivity contribution in [2.45, 2.75) is 38.8 Å². The van der Waals surface area contributed by atoms with Gasteiger partial charge < -0.3 is 15.2 Å². The second-order valence-electron chi connectivity index (χ2n) is 5.89. The standard InChI is InChI=1S/C17H25ClN2O3/c1-2-8-22-14-4-3-7-20(11-14)10-13-5-6-16(15(18)9-13)23-12-17(19)21/h5-6,9,14H,2-4,7-8,10-12H2,1H3,(H2,19,21)/t14-/m1/s1. The van der Waals surface area contributed by atoms with Crippen LogP contribution in [0.4, 0.5) is 0 Å². The number of halogens is 1. The predicted octanol–water partition coefficient (Wildman–Crippen LogP) is 2.60. The highest BCUT2D eigenvalue weighted by molar-refractivity contribution is 6.32. The monoisotopic (exact) mass is 340 g/mol. The first kappa shape index (κ1) is 18.0. The smallest absolute Gasteiger partial charge is 0.255 e. The molecule has 128 valence electrons. The molecule has 0 radical (unpaired) electrons. The maximum Gasteiger partial charge on any atom is 0.255 e. The van der Waals surface area contributed by atoms with Gasteiger partial charge in [-0.25, -0.2) is 0 Å². The van der Waals surface area contributed by atoms with Crippen molar-refractivity contribution in [1.82, 2.24) is 4.90 Å². The Morgan fingerprint density at radius 1 is 1.48 bits per heavy atom. The summed E-state index contributed by atoms with van der Waals surface area (Å²) in [6.07, 6.45) is 3.68. The molecule has 2 N–H and O–H groups in total. The summed E-state index contributed by atoms with van der Waals surface area (Å²) in [5, 5.41) is 0.500. The fourth-order valence-electron chi connectivity index (χ4n) is 2.74. The molecular formula is C17H25ClN2O3. The Labute approximate surface area is 142 Å². The van der Waals surface area contributed by atoms with Crippen molar-refractivity contribution in [2.75, 3.05) is 26.3 Å². The fraction of sp³-hybridized carbons (Fsp3) is 0.588. The summed E-state index contributed by atoms with van der Waals surface area (Å²) < 4.78 is 11.1. The van der Waals surface area contributed by atoms with E-state index in [0.29, 0.717) is 16.9 Å². The quantitative estimate of drug-likeness (QED) is 0.790. The molecule has 1 heterocycles. The average Bonchev–Trinajstić information content (AvgIpc) is 2.52. The molecule has 0 bridgehead atoms. The van der Waals surface area contributed by atoms with Crippen molar-refractivity contribution in [1.29, 1.82) is 0 Å². The van der Waals surface area contributed by atoms with Crippen molar-refractivity contribution in [2.24, 2.45) is 5.73 Å². The summed E-state index contributed by atoms with van der Waals surface area (Å²) in [4.78, 5) is 13.1. The summed E-state index contributed by atoms with van der Waals surface area (Å²) in [5.41, 5.74) is 6.19. The highest BCUT2D eigenvalue weighted by atomic mass is 35.5. The molecule has 1 amide bonds. The van der Waals surface area contributed by atoms with E-state index in [1.807, 2.05) is 12.1 Å². The van der Waals surface area contributed by atoms with E-state index in [1.54, 1.807) is 6.07 Å². The Hall–Kier alpha value is -1.30. The molecule has 0 aliphatic carbocycles. The molecule has 1 saturated heterocycles. The topological polar surface area (TPSA) is 64.8 Å². The van der Waals surface area contributed by atoms with Crippen LogP contribution in [0.2, 0.25) is 5.02 Å². The zero-order valence-corrected chi connectivity index (χ0v) is 14.3. The number of hydrogen-bond acceptors (Lipinski definition) is 4. The number of rotatable bonds is 8. The van der Waals surface area contributed by atoms with E-state index in [0.717, 1.165) is 51.1 Å². The van der Waals surface area contributed by atoms with Gasteiger partial charge in [-0.2, -0.15) is 0 Å². The minimum absolute atomic E-state index is 0.165. The number of likely N-dealkylation sites (tertiary alicyclic amines) is 1. The number of amides is 1. The number of primary amides is 1. The molecular weight excluding hydrogens is 316 g/mol. The first-order valence-corrected chi connectivity index (χ1v) is 8.49. The molecule has 0 unspecified atom stereocenters. The summed E-state index contributed by atoms with van der Waals surface area (Å²) in [5.74, 6) is -0.0337. The van der Waals surface area contributed by atoms with Gasteiger partial charge in [0.1, 0.15) is 5.75 Å². The minimum atomic E-state index is -0.517. The molecule has 1 aliphatic rings. The van der Waals surface area contributed by atoms with Gasteiger partial charge in [-0.15, -0.1) is 0 Å². The molecule has 2 rings (SSSR count). The Morgan fingerprint density at radius 3 is 3.00 bits per heavy atom. The van der Waals surface area contributed by atoms with Gasteiger partial charge in [-0.05, 0) is 43.5 Å². The minimum Gasteiger partial charge on any atom is -0.482 e. The SMILES string of the molecule is CCCO[C@@H]1CCCN(Cc2ccc(OCC(N)=O)c(Cl)c2)C1. The lowest BCUT2D eigenvalue weighted by Crippen LogP contribution is -2.39. The van der Waals surface area contributed by atoms with Crippen LogP contribution in [0, 0.1) is 0 Å². The van der Waals surface area contributed by atoms with Gasteiger partial charge >= 0.3 is 0 Å². The van der Waals surface area contributed by atoms with Crippen molar-refractivity contribution in [3.05, 3.63) is 28.8 Å². The van der Waals surface area contributed by atoms with Crippen LogP contribution in [-0.4, -0.2) is 43.2 Å². The highest BCUT2D eigenvalue weighted by Crippen LogP contribution is 2.26. The number of carbonyl (C=O) groups excluding carboxylic acids is 1. The molecule has 1 atom stereocenters. The number of hydrogen-bond donors (Lipinski definition) is 1. The van der Waals surface area contributed by atoms with E-state index in [2.05, 4.69) is 11.8 Å². The number of benzene rings is 1. The van der Waals surface area contributed by atoms with Crippen molar-refractivity contribution in [3.63, 3.8) is 0 Å². The lowest BCUT2D eigenvalue weighted by Gasteiger charge is -2.32. The van der Waals surface area contributed by atoms with Crippen molar-refractivity contribution < 1.29 is 14.3 Å². The third kappa shape index (κ3) is 6.01. The molecule has 1 aromatic carbocycles. The Bertz CT molecular complexity index is 525. The molecule has 1 aliphatic heterocycles. The van der Waals surface area contributed by atoms with Crippen LogP contribution in [0.25, 0.3) is 0 Å². The first-order chi connectivity index (χ1) is 11.1.